The number of benzene rings is 1. The van der Waals surface area contributed by atoms with Gasteiger partial charge in [-0.25, -0.2) is 9.59 Å². The Morgan fingerprint density at radius 2 is 1.77 bits per heavy atom. The lowest BCUT2D eigenvalue weighted by Crippen LogP contribution is -2.45. The first-order chi connectivity index (χ1) is 16.8. The first kappa shape index (κ1) is 25.9. The van der Waals surface area contributed by atoms with Crippen molar-refractivity contribution in [2.24, 2.45) is 0 Å². The molecule has 2 heterocycles. The molecule has 1 aromatic carbocycles. The fraction of sp³-hybridized carbons (Fsp3) is 0.480. The zero-order chi connectivity index (χ0) is 25.7. The van der Waals surface area contributed by atoms with Gasteiger partial charge in [0.15, 0.2) is 0 Å². The predicted octanol–water partition coefficient (Wildman–Crippen LogP) is 3.91. The highest BCUT2D eigenvalue weighted by Gasteiger charge is 2.38. The maximum Gasteiger partial charge on any atom is 0.336 e. The molecule has 188 valence electrons. The molecule has 0 radical (unpaired) electrons. The van der Waals surface area contributed by atoms with Crippen LogP contribution in [0.25, 0.3) is 0 Å². The summed E-state index contributed by atoms with van der Waals surface area (Å²) in [6.45, 7) is 8.09. The lowest BCUT2D eigenvalue weighted by atomic mass is 9.82. The van der Waals surface area contributed by atoms with Crippen LogP contribution in [0.2, 0.25) is 0 Å². The number of carbonyl (C=O) groups excluding carboxylic acids is 1. The second-order valence-electron chi connectivity index (χ2n) is 8.53. The number of rotatable bonds is 10. The van der Waals surface area contributed by atoms with Crippen molar-refractivity contribution in [3.8, 4) is 0 Å². The summed E-state index contributed by atoms with van der Waals surface area (Å²) in [4.78, 5) is 51.2. The lowest BCUT2D eigenvalue weighted by Gasteiger charge is -2.31. The van der Waals surface area contributed by atoms with E-state index in [0.29, 0.717) is 30.0 Å². The van der Waals surface area contributed by atoms with Gasteiger partial charge in [-0.05, 0) is 32.3 Å². The Morgan fingerprint density at radius 1 is 1.11 bits per heavy atom. The van der Waals surface area contributed by atoms with Crippen molar-refractivity contribution in [1.82, 2.24) is 9.13 Å². The maximum absolute atomic E-state index is 13.8. The van der Waals surface area contributed by atoms with Crippen LogP contribution < -0.4 is 16.6 Å². The molecule has 1 aliphatic heterocycles. The molecule has 1 aliphatic rings. The van der Waals surface area contributed by atoms with Gasteiger partial charge in [0.05, 0.1) is 28.6 Å². The highest BCUT2D eigenvalue weighted by molar-refractivity contribution is 5.94. The zero-order valence-corrected chi connectivity index (χ0v) is 20.6. The number of esters is 1. The third kappa shape index (κ3) is 5.06. The highest BCUT2D eigenvalue weighted by atomic mass is 16.6. The van der Waals surface area contributed by atoms with Gasteiger partial charge in [0.2, 0.25) is 0 Å². The number of anilines is 1. The zero-order valence-electron chi connectivity index (χ0n) is 20.6. The number of nitro groups is 1. The second-order valence-corrected chi connectivity index (χ2v) is 8.53. The molecule has 0 saturated heterocycles. The minimum absolute atomic E-state index is 0.126. The molecular formula is C25H32N4O6. The molecule has 35 heavy (non-hydrogen) atoms. The highest BCUT2D eigenvalue weighted by Crippen LogP contribution is 2.41. The fourth-order valence-electron chi connectivity index (χ4n) is 4.39. The first-order valence-electron chi connectivity index (χ1n) is 12.0. The first-order valence-corrected chi connectivity index (χ1v) is 12.0. The van der Waals surface area contributed by atoms with E-state index in [1.54, 1.807) is 24.5 Å². The van der Waals surface area contributed by atoms with Gasteiger partial charge in [-0.1, -0.05) is 38.8 Å². The Bertz CT molecular complexity index is 1270. The molecule has 0 amide bonds. The molecular weight excluding hydrogens is 452 g/mol. The molecule has 3 rings (SSSR count). The molecule has 1 unspecified atom stereocenters. The Balaban J connectivity index is 2.40. The van der Waals surface area contributed by atoms with Crippen LogP contribution in [0, 0.1) is 10.1 Å². The molecule has 0 aliphatic carbocycles. The van der Waals surface area contributed by atoms with Gasteiger partial charge in [0.1, 0.15) is 5.82 Å². The molecule has 10 nitrogen and oxygen atoms in total. The maximum atomic E-state index is 13.8. The van der Waals surface area contributed by atoms with Crippen LogP contribution in [0.4, 0.5) is 11.5 Å². The number of allylic oxidation sites excluding steroid dienone is 1. The number of ether oxygens (including phenoxy) is 1. The van der Waals surface area contributed by atoms with Crippen LogP contribution >= 0.6 is 0 Å². The fourth-order valence-corrected chi connectivity index (χ4v) is 4.39. The summed E-state index contributed by atoms with van der Waals surface area (Å²) in [5.41, 5.74) is 0.171. The summed E-state index contributed by atoms with van der Waals surface area (Å²) in [6.07, 6.45) is 2.98. The SMILES string of the molecule is CCCCn1c2c(c(=O)n(CCCC)c1=O)C(c1cccc([N+](=O)[O-])c1)C(C(=O)OCC)=C(C)N2. The lowest BCUT2D eigenvalue weighted by molar-refractivity contribution is -0.384. The summed E-state index contributed by atoms with van der Waals surface area (Å²) in [5.74, 6) is -1.23. The second kappa shape index (κ2) is 11.2. The number of unbranched alkanes of at least 4 members (excludes halogenated alkanes) is 2. The number of nitrogens with one attached hydrogen (secondary N) is 1. The van der Waals surface area contributed by atoms with E-state index >= 15 is 0 Å². The summed E-state index contributed by atoms with van der Waals surface area (Å²) < 4.78 is 8.07. The summed E-state index contributed by atoms with van der Waals surface area (Å²) in [6, 6.07) is 5.89. The number of nitrogens with zero attached hydrogens (tertiary/aromatic N) is 3. The standard InChI is InChI=1S/C25H32N4O6/c1-5-8-13-27-22-21(23(30)28(25(27)32)14-9-6-2)20(17-11-10-12-18(15-17)29(33)34)19(16(4)26-22)24(31)35-7-3/h10-12,15,20,26H,5-9,13-14H2,1-4H3. The number of non-ortho nitro benzene ring substituents is 1. The van der Waals surface area contributed by atoms with Crippen molar-refractivity contribution in [3.63, 3.8) is 0 Å². The number of hydrogen-bond acceptors (Lipinski definition) is 7. The van der Waals surface area contributed by atoms with E-state index in [0.717, 1.165) is 19.3 Å². The van der Waals surface area contributed by atoms with Gasteiger partial charge in [0.25, 0.3) is 11.2 Å². The molecule has 1 N–H and O–H groups in total. The Labute approximate surface area is 203 Å². The van der Waals surface area contributed by atoms with Crippen molar-refractivity contribution >= 4 is 17.5 Å². The van der Waals surface area contributed by atoms with Crippen molar-refractivity contribution in [2.75, 3.05) is 11.9 Å². The van der Waals surface area contributed by atoms with Gasteiger partial charge < -0.3 is 10.1 Å². The molecule has 10 heteroatoms. The normalized spacial score (nSPS) is 14.9. The third-order valence-corrected chi connectivity index (χ3v) is 6.13. The Morgan fingerprint density at radius 3 is 2.37 bits per heavy atom. The van der Waals surface area contributed by atoms with Crippen LogP contribution in [0.15, 0.2) is 45.1 Å². The van der Waals surface area contributed by atoms with Crippen molar-refractivity contribution in [2.45, 2.75) is 72.4 Å². The molecule has 0 bridgehead atoms. The van der Waals surface area contributed by atoms with E-state index < -0.39 is 28.1 Å². The third-order valence-electron chi connectivity index (χ3n) is 6.13. The largest absolute Gasteiger partial charge is 0.463 e. The van der Waals surface area contributed by atoms with Gasteiger partial charge >= 0.3 is 11.7 Å². The molecule has 0 fully saturated rings. The monoisotopic (exact) mass is 484 g/mol. The number of carbonyl (C=O) groups is 1. The van der Waals surface area contributed by atoms with Crippen LogP contribution in [-0.2, 0) is 22.6 Å². The van der Waals surface area contributed by atoms with Crippen LogP contribution in [-0.4, -0.2) is 26.6 Å². The predicted molar refractivity (Wildman–Crippen MR) is 133 cm³/mol. The Hall–Kier alpha value is -3.69. The van der Waals surface area contributed by atoms with E-state index in [-0.39, 0.29) is 30.0 Å². The Kier molecular flexibility index (Phi) is 8.26. The smallest absolute Gasteiger partial charge is 0.336 e. The molecule has 1 aromatic heterocycles. The van der Waals surface area contributed by atoms with Crippen LogP contribution in [0.5, 0.6) is 0 Å². The van der Waals surface area contributed by atoms with E-state index in [4.69, 9.17) is 4.74 Å². The molecule has 1 atom stereocenters. The number of hydrogen-bond donors (Lipinski definition) is 1. The molecule has 2 aromatic rings. The number of fused-ring (bicyclic) bond motifs is 1. The van der Waals surface area contributed by atoms with Crippen LogP contribution in [0.1, 0.15) is 70.4 Å². The topological polar surface area (TPSA) is 125 Å². The van der Waals surface area contributed by atoms with Gasteiger partial charge in [-0.15, -0.1) is 0 Å². The van der Waals surface area contributed by atoms with Gasteiger partial charge in [0, 0.05) is 30.9 Å². The van der Waals surface area contributed by atoms with Crippen molar-refractivity contribution in [1.29, 1.82) is 0 Å². The summed E-state index contributed by atoms with van der Waals surface area (Å²) in [5, 5.41) is 14.6. The summed E-state index contributed by atoms with van der Waals surface area (Å²) in [7, 11) is 0. The van der Waals surface area contributed by atoms with E-state index in [1.807, 2.05) is 13.8 Å². The van der Waals surface area contributed by atoms with Gasteiger partial charge in [-0.2, -0.15) is 0 Å². The minimum Gasteiger partial charge on any atom is -0.463 e. The molecule has 0 saturated carbocycles. The van der Waals surface area contributed by atoms with Gasteiger partial charge in [-0.3, -0.25) is 24.0 Å². The van der Waals surface area contributed by atoms with E-state index in [9.17, 15) is 24.5 Å². The molecule has 0 spiro atoms. The average molecular weight is 485 g/mol. The van der Waals surface area contributed by atoms with E-state index in [1.165, 1.54) is 22.8 Å². The number of aromatic nitrogens is 2. The van der Waals surface area contributed by atoms with Crippen molar-refractivity contribution < 1.29 is 14.5 Å². The quantitative estimate of drug-likeness (QED) is 0.308. The average Bonchev–Trinajstić information content (AvgIpc) is 2.83. The van der Waals surface area contributed by atoms with Crippen molar-refractivity contribution in [3.05, 3.63) is 77.6 Å². The van der Waals surface area contributed by atoms with E-state index in [2.05, 4.69) is 5.32 Å². The number of nitro benzene ring substituents is 1. The minimum atomic E-state index is -0.931. The summed E-state index contributed by atoms with van der Waals surface area (Å²) >= 11 is 0. The van der Waals surface area contributed by atoms with Crippen LogP contribution in [0.3, 0.4) is 0 Å².